The Morgan fingerprint density at radius 3 is 2.44 bits per heavy atom. The van der Waals surface area contributed by atoms with Crippen LogP contribution in [0.2, 0.25) is 5.02 Å². The van der Waals surface area contributed by atoms with Crippen LogP contribution in [0.3, 0.4) is 0 Å². The summed E-state index contributed by atoms with van der Waals surface area (Å²) >= 11 is 7.26. The topological polar surface area (TPSA) is 84.2 Å². The summed E-state index contributed by atoms with van der Waals surface area (Å²) in [6.07, 6.45) is 0. The van der Waals surface area contributed by atoms with Crippen LogP contribution in [-0.2, 0) is 11.3 Å². The van der Waals surface area contributed by atoms with Crippen molar-refractivity contribution in [3.63, 3.8) is 0 Å². The molecule has 36 heavy (non-hydrogen) atoms. The van der Waals surface area contributed by atoms with Crippen molar-refractivity contribution in [2.75, 3.05) is 5.32 Å². The summed E-state index contributed by atoms with van der Waals surface area (Å²) in [5.74, 6) is 0.0761. The van der Waals surface area contributed by atoms with Gasteiger partial charge < -0.3 is 5.32 Å². The third kappa shape index (κ3) is 6.50. The number of rotatable bonds is 9. The highest BCUT2D eigenvalue weighted by Gasteiger charge is 2.21. The Bertz CT molecular complexity index is 1340. The van der Waals surface area contributed by atoms with Crippen molar-refractivity contribution in [1.29, 1.82) is 0 Å². The second-order valence-electron chi connectivity index (χ2n) is 7.87. The molecule has 0 saturated heterocycles. The van der Waals surface area contributed by atoms with Crippen LogP contribution >= 0.6 is 23.4 Å². The third-order valence-electron chi connectivity index (χ3n) is 5.26. The minimum absolute atomic E-state index is 0.287. The van der Waals surface area contributed by atoms with E-state index in [4.69, 9.17) is 11.6 Å². The lowest BCUT2D eigenvalue weighted by Crippen LogP contribution is -2.28. The number of aromatic nitrogens is 3. The summed E-state index contributed by atoms with van der Waals surface area (Å²) in [5, 5.41) is 17.0. The number of hydrogen-bond acceptors (Lipinski definition) is 6. The summed E-state index contributed by atoms with van der Waals surface area (Å²) in [4.78, 5) is 12.8. The number of hydrazone groups is 1. The maximum Gasteiger partial charge on any atom is 0.253 e. The van der Waals surface area contributed by atoms with Crippen molar-refractivity contribution in [3.8, 4) is 5.69 Å². The molecule has 1 atom stereocenters. The first-order chi connectivity index (χ1) is 17.4. The number of benzene rings is 3. The van der Waals surface area contributed by atoms with Crippen LogP contribution in [0.1, 0.15) is 25.2 Å². The van der Waals surface area contributed by atoms with Gasteiger partial charge >= 0.3 is 0 Å². The monoisotopic (exact) mass is 522 g/mol. The molecule has 0 saturated carbocycles. The van der Waals surface area contributed by atoms with Crippen LogP contribution in [0.5, 0.6) is 0 Å². The van der Waals surface area contributed by atoms with Crippen molar-refractivity contribution in [1.82, 2.24) is 20.2 Å². The van der Waals surface area contributed by atoms with E-state index in [-0.39, 0.29) is 11.7 Å². The molecule has 0 aliphatic rings. The molecule has 0 bridgehead atoms. The zero-order valence-corrected chi connectivity index (χ0v) is 21.2. The molecule has 7 nitrogen and oxygen atoms in total. The minimum atomic E-state index is -0.501. The summed E-state index contributed by atoms with van der Waals surface area (Å²) in [6.45, 7) is 3.95. The Balaban J connectivity index is 1.48. The van der Waals surface area contributed by atoms with Gasteiger partial charge in [0.15, 0.2) is 11.0 Å². The number of thioether (sulfide) groups is 1. The number of halogens is 2. The quantitative estimate of drug-likeness (QED) is 0.167. The van der Waals surface area contributed by atoms with Crippen molar-refractivity contribution < 1.29 is 9.18 Å². The first-order valence-corrected chi connectivity index (χ1v) is 12.4. The largest absolute Gasteiger partial charge is 0.378 e. The standard InChI is InChI=1S/C26H24ClFN6OS/c1-17(19-8-12-21(28)13-9-19)30-32-25(35)18(2)36-26-33-31-24(34(26)23-6-4-3-5-7-23)16-29-22-14-10-20(27)11-15-22/h3-15,18,29H,16H2,1-2H3,(H,32,35)/t18-/m1/s1. The van der Waals surface area contributed by atoms with Crippen LogP contribution in [0.15, 0.2) is 89.1 Å². The lowest BCUT2D eigenvalue weighted by atomic mass is 10.1. The first-order valence-electron chi connectivity index (χ1n) is 11.2. The van der Waals surface area contributed by atoms with E-state index in [0.29, 0.717) is 28.3 Å². The summed E-state index contributed by atoms with van der Waals surface area (Å²) in [7, 11) is 0. The Labute approximate surface area is 217 Å². The Morgan fingerprint density at radius 1 is 1.06 bits per heavy atom. The van der Waals surface area contributed by atoms with Gasteiger partial charge in [0, 0.05) is 16.4 Å². The highest BCUT2D eigenvalue weighted by atomic mass is 35.5. The molecule has 10 heteroatoms. The van der Waals surface area contributed by atoms with E-state index in [1.54, 1.807) is 26.0 Å². The van der Waals surface area contributed by atoms with Gasteiger partial charge in [0.1, 0.15) is 5.82 Å². The average molecular weight is 523 g/mol. The van der Waals surface area contributed by atoms with Gasteiger partial charge in [-0.1, -0.05) is 53.7 Å². The molecule has 4 rings (SSSR count). The molecule has 1 aromatic heterocycles. The number of carbonyl (C=O) groups is 1. The predicted molar refractivity (Wildman–Crippen MR) is 142 cm³/mol. The highest BCUT2D eigenvalue weighted by molar-refractivity contribution is 8.00. The van der Waals surface area contributed by atoms with Crippen LogP contribution in [-0.4, -0.2) is 31.6 Å². The average Bonchev–Trinajstić information content (AvgIpc) is 3.29. The van der Waals surface area contributed by atoms with Gasteiger partial charge in [0.2, 0.25) is 0 Å². The van der Waals surface area contributed by atoms with E-state index in [1.807, 2.05) is 59.2 Å². The molecular weight excluding hydrogens is 499 g/mol. The Kier molecular flexibility index (Phi) is 8.35. The number of nitrogens with one attached hydrogen (secondary N) is 2. The number of para-hydroxylation sites is 1. The predicted octanol–water partition coefficient (Wildman–Crippen LogP) is 5.69. The molecule has 184 valence electrons. The summed E-state index contributed by atoms with van der Waals surface area (Å²) in [5.41, 5.74) is 5.67. The molecule has 0 aliphatic heterocycles. The zero-order valence-electron chi connectivity index (χ0n) is 19.7. The smallest absolute Gasteiger partial charge is 0.253 e. The lowest BCUT2D eigenvalue weighted by molar-refractivity contribution is -0.120. The Morgan fingerprint density at radius 2 is 1.75 bits per heavy atom. The van der Waals surface area contributed by atoms with Gasteiger partial charge in [-0.05, 0) is 67.9 Å². The molecule has 2 N–H and O–H groups in total. The lowest BCUT2D eigenvalue weighted by Gasteiger charge is -2.13. The fourth-order valence-electron chi connectivity index (χ4n) is 3.27. The van der Waals surface area contributed by atoms with Crippen LogP contribution in [0.25, 0.3) is 5.69 Å². The number of anilines is 1. The fourth-order valence-corrected chi connectivity index (χ4v) is 4.28. The Hall–Kier alpha value is -3.69. The number of amides is 1. The minimum Gasteiger partial charge on any atom is -0.378 e. The molecule has 0 radical (unpaired) electrons. The van der Waals surface area contributed by atoms with Crippen molar-refractivity contribution in [2.24, 2.45) is 5.10 Å². The van der Waals surface area contributed by atoms with Gasteiger partial charge in [0.25, 0.3) is 5.91 Å². The van der Waals surface area contributed by atoms with Crippen LogP contribution in [0.4, 0.5) is 10.1 Å². The van der Waals surface area contributed by atoms with Gasteiger partial charge in [-0.15, -0.1) is 10.2 Å². The summed E-state index contributed by atoms with van der Waals surface area (Å²) in [6, 6.07) is 23.1. The zero-order chi connectivity index (χ0) is 25.5. The highest BCUT2D eigenvalue weighted by Crippen LogP contribution is 2.26. The third-order valence-corrected chi connectivity index (χ3v) is 6.55. The van der Waals surface area contributed by atoms with E-state index in [0.717, 1.165) is 16.9 Å². The van der Waals surface area contributed by atoms with Crippen molar-refractivity contribution in [2.45, 2.75) is 30.8 Å². The second kappa shape index (κ2) is 11.8. The molecule has 1 amide bonds. The molecule has 3 aromatic carbocycles. The number of carbonyl (C=O) groups excluding carboxylic acids is 1. The van der Waals surface area contributed by atoms with E-state index < -0.39 is 5.25 Å². The molecule has 0 aliphatic carbocycles. The van der Waals surface area contributed by atoms with E-state index >= 15 is 0 Å². The maximum atomic E-state index is 13.1. The van der Waals surface area contributed by atoms with E-state index in [9.17, 15) is 9.18 Å². The van der Waals surface area contributed by atoms with Crippen molar-refractivity contribution in [3.05, 3.63) is 101 Å². The molecule has 0 unspecified atom stereocenters. The normalized spacial score (nSPS) is 12.3. The van der Waals surface area contributed by atoms with Crippen LogP contribution in [0, 0.1) is 5.82 Å². The molecule has 0 spiro atoms. The summed E-state index contributed by atoms with van der Waals surface area (Å²) < 4.78 is 15.1. The first kappa shape index (κ1) is 25.4. The van der Waals surface area contributed by atoms with Gasteiger partial charge in [-0.2, -0.15) is 5.10 Å². The van der Waals surface area contributed by atoms with Crippen LogP contribution < -0.4 is 10.7 Å². The number of hydrogen-bond donors (Lipinski definition) is 2. The second-order valence-corrected chi connectivity index (χ2v) is 9.61. The maximum absolute atomic E-state index is 13.1. The molecular formula is C26H24ClFN6OS. The van der Waals surface area contributed by atoms with Gasteiger partial charge in [-0.25, -0.2) is 9.82 Å². The van der Waals surface area contributed by atoms with Crippen molar-refractivity contribution >= 4 is 40.7 Å². The molecule has 0 fully saturated rings. The SMILES string of the molecule is CC(=NNC(=O)[C@@H](C)Sc1nnc(CNc2ccc(Cl)cc2)n1-c1ccccc1)c1ccc(F)cc1. The van der Waals surface area contributed by atoms with E-state index in [2.05, 4.69) is 26.0 Å². The van der Waals surface area contributed by atoms with Gasteiger partial charge in [-0.3, -0.25) is 9.36 Å². The van der Waals surface area contributed by atoms with Gasteiger partial charge in [0.05, 0.1) is 17.5 Å². The number of nitrogens with zero attached hydrogens (tertiary/aromatic N) is 4. The fraction of sp³-hybridized carbons (Fsp3) is 0.154. The van der Waals surface area contributed by atoms with E-state index in [1.165, 1.54) is 23.9 Å². The molecule has 1 heterocycles. The molecule has 4 aromatic rings.